The summed E-state index contributed by atoms with van der Waals surface area (Å²) in [5.41, 5.74) is -3.92. The van der Waals surface area contributed by atoms with Crippen LogP contribution in [0, 0.1) is 10.1 Å². The zero-order chi connectivity index (χ0) is 18.3. The van der Waals surface area contributed by atoms with Crippen LogP contribution < -0.4 is 0 Å². The van der Waals surface area contributed by atoms with Crippen LogP contribution in [-0.2, 0) is 4.79 Å². The van der Waals surface area contributed by atoms with Crippen molar-refractivity contribution >= 4 is 17.3 Å². The first kappa shape index (κ1) is 17.8. The van der Waals surface area contributed by atoms with Gasteiger partial charge in [-0.2, -0.15) is 28.4 Å². The first-order chi connectivity index (χ1) is 11.0. The summed E-state index contributed by atoms with van der Waals surface area (Å²) < 4.78 is 40.4. The zero-order valence-corrected chi connectivity index (χ0v) is 12.7. The number of halogens is 3. The number of nitrogens with zero attached hydrogens (tertiary/aromatic N) is 5. The van der Waals surface area contributed by atoms with Crippen LogP contribution in [0.1, 0.15) is 32.7 Å². The van der Waals surface area contributed by atoms with Gasteiger partial charge in [0, 0.05) is 12.1 Å². The molecule has 2 atom stereocenters. The Bertz CT molecular complexity index is 701. The highest BCUT2D eigenvalue weighted by atomic mass is 19.4. The monoisotopic (exact) mass is 349 g/mol. The van der Waals surface area contributed by atoms with Crippen LogP contribution in [0.2, 0.25) is 0 Å². The van der Waals surface area contributed by atoms with E-state index in [-0.39, 0.29) is 17.1 Å². The van der Waals surface area contributed by atoms with Crippen molar-refractivity contribution in [3.8, 4) is 0 Å². The number of carbonyl (C=O) groups is 1. The largest absolute Gasteiger partial charge is 0.438 e. The van der Waals surface area contributed by atoms with Crippen molar-refractivity contribution in [1.82, 2.24) is 14.8 Å². The predicted octanol–water partition coefficient (Wildman–Crippen LogP) is 1.60. The minimum absolute atomic E-state index is 0.00330. The molecule has 9 nitrogen and oxygen atoms in total. The normalized spacial score (nSPS) is 22.4. The Morgan fingerprint density at radius 1 is 1.58 bits per heavy atom. The lowest BCUT2D eigenvalue weighted by molar-refractivity contribution is -0.385. The molecule has 2 heterocycles. The van der Waals surface area contributed by atoms with Crippen LogP contribution >= 0.6 is 0 Å². The van der Waals surface area contributed by atoms with Crippen molar-refractivity contribution in [2.45, 2.75) is 44.6 Å². The van der Waals surface area contributed by atoms with E-state index in [2.05, 4.69) is 10.2 Å². The number of hydrazone groups is 1. The number of nitro groups is 1. The Morgan fingerprint density at radius 3 is 2.67 bits per heavy atom. The van der Waals surface area contributed by atoms with Crippen LogP contribution in [0.25, 0.3) is 0 Å². The van der Waals surface area contributed by atoms with Gasteiger partial charge >= 0.3 is 11.9 Å². The molecule has 24 heavy (non-hydrogen) atoms. The standard InChI is InChI=1S/C12H14F3N5O4/c1-3-9(18-6-8(5-16-18)20(23)24)10(21)19-11(22,12(13,14)15)4-7(2)17-19/h5-6,9,22H,3-4H2,1-2H3/t9-,11-/m0/s1. The van der Waals surface area contributed by atoms with E-state index in [1.54, 1.807) is 0 Å². The second kappa shape index (κ2) is 5.85. The maximum absolute atomic E-state index is 13.2. The van der Waals surface area contributed by atoms with E-state index in [1.807, 2.05) is 0 Å². The van der Waals surface area contributed by atoms with Crippen LogP contribution in [-0.4, -0.2) is 48.3 Å². The first-order valence-electron chi connectivity index (χ1n) is 6.87. The van der Waals surface area contributed by atoms with Gasteiger partial charge in [0.1, 0.15) is 18.4 Å². The van der Waals surface area contributed by atoms with Crippen molar-refractivity contribution in [3.63, 3.8) is 0 Å². The van der Waals surface area contributed by atoms with Crippen LogP contribution in [0.15, 0.2) is 17.5 Å². The molecule has 0 saturated carbocycles. The highest BCUT2D eigenvalue weighted by Crippen LogP contribution is 2.41. The summed E-state index contributed by atoms with van der Waals surface area (Å²) in [6.45, 7) is 2.75. The Labute approximate surface area is 133 Å². The van der Waals surface area contributed by atoms with Gasteiger partial charge in [-0.05, 0) is 13.3 Å². The minimum Gasteiger partial charge on any atom is -0.362 e. The maximum atomic E-state index is 13.2. The number of hydrogen-bond donors (Lipinski definition) is 1. The van der Waals surface area contributed by atoms with Crippen LogP contribution in [0.4, 0.5) is 18.9 Å². The lowest BCUT2D eigenvalue weighted by Crippen LogP contribution is -2.57. The average Bonchev–Trinajstić information content (AvgIpc) is 3.04. The topological polar surface area (TPSA) is 114 Å². The fourth-order valence-electron chi connectivity index (χ4n) is 2.38. The molecular formula is C12H14F3N5O4. The molecule has 1 aromatic heterocycles. The third-order valence-electron chi connectivity index (χ3n) is 3.58. The molecule has 0 saturated heterocycles. The van der Waals surface area contributed by atoms with Crippen molar-refractivity contribution in [1.29, 1.82) is 0 Å². The van der Waals surface area contributed by atoms with E-state index in [4.69, 9.17) is 0 Å². The summed E-state index contributed by atoms with van der Waals surface area (Å²) in [7, 11) is 0. The average molecular weight is 349 g/mol. The number of hydrogen-bond acceptors (Lipinski definition) is 6. The van der Waals surface area contributed by atoms with Gasteiger partial charge in [0.2, 0.25) is 0 Å². The molecule has 1 aromatic rings. The Morgan fingerprint density at radius 2 is 2.21 bits per heavy atom. The Balaban J connectivity index is 2.38. The molecular weight excluding hydrogens is 335 g/mol. The molecule has 0 aromatic carbocycles. The third-order valence-corrected chi connectivity index (χ3v) is 3.58. The molecule has 0 fully saturated rings. The Hall–Kier alpha value is -2.50. The molecule has 0 aliphatic carbocycles. The third kappa shape index (κ3) is 2.84. The van der Waals surface area contributed by atoms with Gasteiger partial charge in [0.05, 0.1) is 4.92 Å². The number of alkyl halides is 3. The summed E-state index contributed by atoms with van der Waals surface area (Å²) in [6.07, 6.45) is -4.16. The highest BCUT2D eigenvalue weighted by molar-refractivity contribution is 5.90. The minimum atomic E-state index is -5.11. The zero-order valence-electron chi connectivity index (χ0n) is 12.7. The lowest BCUT2D eigenvalue weighted by Gasteiger charge is -2.34. The van der Waals surface area contributed by atoms with Crippen molar-refractivity contribution in [2.75, 3.05) is 0 Å². The molecule has 132 valence electrons. The second-order valence-corrected chi connectivity index (χ2v) is 5.34. The number of aliphatic hydroxyl groups is 1. The quantitative estimate of drug-likeness (QED) is 0.655. The molecule has 0 spiro atoms. The van der Waals surface area contributed by atoms with Gasteiger partial charge in [-0.15, -0.1) is 0 Å². The molecule has 2 rings (SSSR count). The fraction of sp³-hybridized carbons (Fsp3) is 0.583. The lowest BCUT2D eigenvalue weighted by atomic mass is 10.1. The predicted molar refractivity (Wildman–Crippen MR) is 73.8 cm³/mol. The summed E-state index contributed by atoms with van der Waals surface area (Å²) >= 11 is 0. The summed E-state index contributed by atoms with van der Waals surface area (Å²) in [4.78, 5) is 22.4. The van der Waals surface area contributed by atoms with Crippen molar-refractivity contribution < 1.29 is 28.0 Å². The maximum Gasteiger partial charge on any atom is 0.438 e. The van der Waals surface area contributed by atoms with E-state index in [9.17, 15) is 33.2 Å². The molecule has 0 radical (unpaired) electrons. The van der Waals surface area contributed by atoms with Crippen molar-refractivity contribution in [2.24, 2.45) is 5.10 Å². The van der Waals surface area contributed by atoms with Gasteiger partial charge in [-0.25, -0.2) is 0 Å². The van der Waals surface area contributed by atoms with Crippen LogP contribution in [0.3, 0.4) is 0 Å². The van der Waals surface area contributed by atoms with Gasteiger partial charge < -0.3 is 5.11 Å². The fourth-order valence-corrected chi connectivity index (χ4v) is 2.38. The Kier molecular flexibility index (Phi) is 4.35. The van der Waals surface area contributed by atoms with Crippen molar-refractivity contribution in [3.05, 3.63) is 22.5 Å². The number of rotatable bonds is 4. The molecule has 12 heteroatoms. The number of amides is 1. The SMILES string of the molecule is CC[C@@H](C(=O)N1N=C(C)C[C@]1(O)C(F)(F)F)n1cc([N+](=O)[O-])cn1. The van der Waals surface area contributed by atoms with Gasteiger partial charge in [-0.1, -0.05) is 6.92 Å². The molecule has 0 bridgehead atoms. The number of aromatic nitrogens is 2. The molecule has 1 aliphatic rings. The number of carbonyl (C=O) groups excluding carboxylic acids is 1. The smallest absolute Gasteiger partial charge is 0.362 e. The van der Waals surface area contributed by atoms with E-state index in [0.29, 0.717) is 0 Å². The van der Waals surface area contributed by atoms with Gasteiger partial charge in [-0.3, -0.25) is 19.6 Å². The highest BCUT2D eigenvalue weighted by Gasteiger charge is 2.63. The summed E-state index contributed by atoms with van der Waals surface area (Å²) in [5.74, 6) is -1.16. The van der Waals surface area contributed by atoms with Crippen LogP contribution in [0.5, 0.6) is 0 Å². The van der Waals surface area contributed by atoms with E-state index < -0.39 is 40.9 Å². The first-order valence-corrected chi connectivity index (χ1v) is 6.87. The second-order valence-electron chi connectivity index (χ2n) is 5.34. The van der Waals surface area contributed by atoms with Gasteiger partial charge in [0.15, 0.2) is 0 Å². The molecule has 1 amide bonds. The van der Waals surface area contributed by atoms with E-state index in [1.165, 1.54) is 13.8 Å². The molecule has 1 N–H and O–H groups in total. The summed E-state index contributed by atoms with van der Waals surface area (Å²) in [5, 5.41) is 27.8. The summed E-state index contributed by atoms with van der Waals surface area (Å²) in [6, 6.07) is -1.28. The molecule has 1 aliphatic heterocycles. The van der Waals surface area contributed by atoms with Gasteiger partial charge in [0.25, 0.3) is 11.6 Å². The van der Waals surface area contributed by atoms with E-state index >= 15 is 0 Å². The van der Waals surface area contributed by atoms with E-state index in [0.717, 1.165) is 17.1 Å². The molecule has 0 unspecified atom stereocenters.